The Morgan fingerprint density at radius 1 is 1.00 bits per heavy atom. The number of rotatable bonds is 0. The van der Waals surface area contributed by atoms with E-state index in [9.17, 15) is 3.04 Å². The van der Waals surface area contributed by atoms with Crippen LogP contribution in [0.3, 0.4) is 0 Å². The SMILES string of the molecule is [Ce].[F][Nd]([F])[F].[Pr]. The van der Waals surface area contributed by atoms with E-state index in [4.69, 9.17) is 0 Å². The molecular weight excluding hydrogens is 482 g/mol. The van der Waals surface area contributed by atoms with Gasteiger partial charge >= 0.3 is 40.1 Å². The minimum atomic E-state index is -5.16. The maximum atomic E-state index is 9.88. The Kier molecular flexibility index (Phi) is 32.0. The topological polar surface area (TPSA) is 0 Å². The van der Waals surface area contributed by atoms with E-state index >= 15 is 0 Å². The van der Waals surface area contributed by atoms with E-state index in [0.29, 0.717) is 0 Å². The van der Waals surface area contributed by atoms with Crippen molar-refractivity contribution in [2.75, 3.05) is 0 Å². The van der Waals surface area contributed by atoms with Gasteiger partial charge in [-0.25, -0.2) is 0 Å². The molecule has 0 rings (SSSR count). The quantitative estimate of drug-likeness (QED) is 0.488. The number of halogens is 3. The van der Waals surface area contributed by atoms with Crippen molar-refractivity contribution in [1.82, 2.24) is 0 Å². The van der Waals surface area contributed by atoms with Gasteiger partial charge in [0.1, 0.15) is 0 Å². The van der Waals surface area contributed by atoms with Crippen molar-refractivity contribution in [3.8, 4) is 0 Å². The van der Waals surface area contributed by atoms with E-state index in [-0.39, 0.29) is 83.0 Å². The molecule has 0 unspecified atom stereocenters. The Morgan fingerprint density at radius 2 is 1.00 bits per heavy atom. The molecule has 0 aliphatic heterocycles. The largest absolute Gasteiger partial charge is 0 e. The van der Waals surface area contributed by atoms with Gasteiger partial charge in [0, 0.05) is 83.0 Å². The molecule has 32 valence electrons. The fraction of sp³-hybridized carbons (Fsp3) is 0. The Hall–Kier alpha value is 3.88. The molecule has 0 aliphatic rings. The molecule has 0 heterocycles. The molecular formula is CeF3NdPr. The normalized spacial score (nSPS) is 4.50. The molecule has 0 aliphatic carbocycles. The summed E-state index contributed by atoms with van der Waals surface area (Å²) in [6, 6.07) is 0. The summed E-state index contributed by atoms with van der Waals surface area (Å²) in [5.74, 6) is 0. The second kappa shape index (κ2) is 11.6. The van der Waals surface area contributed by atoms with Crippen LogP contribution in [0.2, 0.25) is 0 Å². The van der Waals surface area contributed by atoms with Crippen LogP contribution < -0.4 is 0 Å². The van der Waals surface area contributed by atoms with Crippen LogP contribution in [0.1, 0.15) is 0 Å². The first-order valence-electron chi connectivity index (χ1n) is 0.567. The summed E-state index contributed by atoms with van der Waals surface area (Å²) in [7, 11) is 0. The van der Waals surface area contributed by atoms with Crippen LogP contribution >= 0.6 is 0 Å². The smallest absolute Gasteiger partial charge is 0 e. The molecule has 6 heavy (non-hydrogen) atoms. The molecule has 0 spiro atoms. The second-order valence-corrected chi connectivity index (χ2v) is 1.59. The zero-order valence-corrected chi connectivity index (χ0v) is 12.8. The minimum Gasteiger partial charge on any atom is 0 e. The predicted octanol–water partition coefficient (Wildman–Crippen LogP) is 1.26. The average Bonchev–Trinajstić information content (AvgIpc) is 0.811. The van der Waals surface area contributed by atoms with E-state index in [1.807, 2.05) is 0 Å². The van der Waals surface area contributed by atoms with E-state index in [0.717, 1.165) is 0 Å². The predicted molar refractivity (Wildman–Crippen MR) is 3.32 cm³/mol. The summed E-state index contributed by atoms with van der Waals surface area (Å²) >= 11 is -5.16. The molecule has 0 aromatic carbocycles. The fourth-order valence-electron chi connectivity index (χ4n) is 0. The summed E-state index contributed by atoms with van der Waals surface area (Å²) < 4.78 is 29.6. The van der Waals surface area contributed by atoms with Gasteiger partial charge in [0.2, 0.25) is 0 Å². The van der Waals surface area contributed by atoms with E-state index in [2.05, 4.69) is 0 Å². The summed E-state index contributed by atoms with van der Waals surface area (Å²) in [5, 5.41) is 0. The first kappa shape index (κ1) is 16.5. The van der Waals surface area contributed by atoms with Crippen LogP contribution in [-0.4, -0.2) is 0 Å². The Morgan fingerprint density at radius 3 is 1.00 bits per heavy atom. The molecule has 0 N–H and O–H groups in total. The van der Waals surface area contributed by atoms with Crippen LogP contribution in [0.15, 0.2) is 0 Å². The summed E-state index contributed by atoms with van der Waals surface area (Å²) in [6.07, 6.45) is 0. The molecule has 0 atom stereocenters. The van der Waals surface area contributed by atoms with Crippen molar-refractivity contribution < 1.29 is 123 Å². The van der Waals surface area contributed by atoms with Gasteiger partial charge in [-0.05, 0) is 0 Å². The van der Waals surface area contributed by atoms with Crippen LogP contribution in [0.4, 0.5) is 3.04 Å². The Bertz CT molecular complexity index is 15.5. The molecule has 0 saturated carbocycles. The minimum absolute atomic E-state index is 0. The first-order valence-corrected chi connectivity index (χ1v) is 4.20. The molecule has 1 radical (unpaired) electrons. The van der Waals surface area contributed by atoms with Crippen molar-refractivity contribution >= 4 is 0 Å². The third kappa shape index (κ3) is 24.8. The standard InChI is InChI=1S/Ce.3FH.Nd.Pr/h;3*1H;;/q;;;;+3;/p-3. The molecule has 0 nitrogen and oxygen atoms in total. The first-order chi connectivity index (χ1) is 1.73. The van der Waals surface area contributed by atoms with Crippen LogP contribution in [0.5, 0.6) is 0 Å². The van der Waals surface area contributed by atoms with Crippen molar-refractivity contribution in [3.05, 3.63) is 0 Å². The maximum absolute atomic E-state index is 9.88. The maximum Gasteiger partial charge on any atom is 0 e. The van der Waals surface area contributed by atoms with E-state index in [1.165, 1.54) is 0 Å². The third-order valence-electron chi connectivity index (χ3n) is 0. The Balaban J connectivity index is -0.0000000450. The summed E-state index contributed by atoms with van der Waals surface area (Å²) in [6.45, 7) is 0. The fourth-order valence-corrected chi connectivity index (χ4v) is 0. The Labute approximate surface area is 119 Å². The zero-order valence-electron chi connectivity index (χ0n) is 2.71. The van der Waals surface area contributed by atoms with E-state index in [1.54, 1.807) is 0 Å². The zero-order chi connectivity index (χ0) is 3.58. The van der Waals surface area contributed by atoms with Crippen molar-refractivity contribution in [3.63, 3.8) is 0 Å². The van der Waals surface area contributed by atoms with Gasteiger partial charge in [-0.1, -0.05) is 0 Å². The molecule has 6 heteroatoms. The van der Waals surface area contributed by atoms with Crippen LogP contribution in [-0.2, 0) is 0 Å². The van der Waals surface area contributed by atoms with E-state index < -0.39 is 37.1 Å². The molecule has 0 aromatic rings. The molecule has 0 bridgehead atoms. The molecule has 0 amide bonds. The molecule has 0 aromatic heterocycles. The monoisotopic (exact) mass is 480 g/mol. The molecule has 0 fully saturated rings. The summed E-state index contributed by atoms with van der Waals surface area (Å²) in [5.41, 5.74) is 0. The van der Waals surface area contributed by atoms with Gasteiger partial charge in [0.15, 0.2) is 0 Å². The van der Waals surface area contributed by atoms with Gasteiger partial charge in [-0.15, -0.1) is 0 Å². The second-order valence-electron chi connectivity index (χ2n) is 0.214. The number of hydrogen-bond donors (Lipinski definition) is 0. The third-order valence-corrected chi connectivity index (χ3v) is 0. The average molecular weight is 482 g/mol. The van der Waals surface area contributed by atoms with Gasteiger partial charge in [-0.2, -0.15) is 0 Å². The van der Waals surface area contributed by atoms with Gasteiger partial charge in [0.25, 0.3) is 0 Å². The van der Waals surface area contributed by atoms with Crippen molar-refractivity contribution in [2.45, 2.75) is 0 Å². The van der Waals surface area contributed by atoms with Gasteiger partial charge < -0.3 is 0 Å². The van der Waals surface area contributed by atoms with Gasteiger partial charge in [0.05, 0.1) is 0 Å². The van der Waals surface area contributed by atoms with Gasteiger partial charge in [-0.3, -0.25) is 0 Å². The summed E-state index contributed by atoms with van der Waals surface area (Å²) in [4.78, 5) is 0. The van der Waals surface area contributed by atoms with Crippen LogP contribution in [0.25, 0.3) is 0 Å². The molecule has 0 saturated heterocycles. The van der Waals surface area contributed by atoms with Crippen molar-refractivity contribution in [1.29, 1.82) is 0 Å². The van der Waals surface area contributed by atoms with Crippen LogP contribution in [0, 0.1) is 120 Å². The number of hydrogen-bond acceptors (Lipinski definition) is 0. The van der Waals surface area contributed by atoms with Crippen molar-refractivity contribution in [2.24, 2.45) is 0 Å².